The van der Waals surface area contributed by atoms with Crippen LogP contribution in [-0.4, -0.2) is 25.3 Å². The van der Waals surface area contributed by atoms with Gasteiger partial charge < -0.3 is 14.6 Å². The van der Waals surface area contributed by atoms with Gasteiger partial charge in [-0.2, -0.15) is 0 Å². The third kappa shape index (κ3) is 3.75. The van der Waals surface area contributed by atoms with Gasteiger partial charge in [-0.05, 0) is 41.8 Å². The summed E-state index contributed by atoms with van der Waals surface area (Å²) in [6.07, 6.45) is 0.902. The summed E-state index contributed by atoms with van der Waals surface area (Å²) >= 11 is 0. The molecule has 2 aromatic carbocycles. The molecular weight excluding hydrogens is 268 g/mol. The summed E-state index contributed by atoms with van der Waals surface area (Å²) in [6, 6.07) is 12.8. The van der Waals surface area contributed by atoms with Crippen molar-refractivity contribution in [1.82, 2.24) is 0 Å². The van der Waals surface area contributed by atoms with Crippen molar-refractivity contribution in [2.45, 2.75) is 12.8 Å². The van der Waals surface area contributed by atoms with Crippen molar-refractivity contribution in [3.05, 3.63) is 48.0 Å². The van der Waals surface area contributed by atoms with Gasteiger partial charge in [0.1, 0.15) is 11.5 Å². The normalized spacial score (nSPS) is 10.2. The molecule has 1 N–H and O–H groups in total. The third-order valence-electron chi connectivity index (χ3n) is 3.31. The number of carbonyl (C=O) groups excluding carboxylic acids is 1. The Bertz CT molecular complexity index is 617. The Morgan fingerprint density at radius 1 is 1.10 bits per heavy atom. The Morgan fingerprint density at radius 2 is 1.81 bits per heavy atom. The second-order valence-electron chi connectivity index (χ2n) is 4.66. The van der Waals surface area contributed by atoms with E-state index in [4.69, 9.17) is 4.74 Å². The van der Waals surface area contributed by atoms with E-state index in [1.54, 1.807) is 13.2 Å². The Hall–Kier alpha value is -2.49. The number of hydrogen-bond donors (Lipinski definition) is 1. The lowest BCUT2D eigenvalue weighted by Crippen LogP contribution is -2.01. The maximum Gasteiger partial charge on any atom is 0.305 e. The summed E-state index contributed by atoms with van der Waals surface area (Å²) in [5.74, 6) is 0.733. The molecule has 110 valence electrons. The lowest BCUT2D eigenvalue weighted by molar-refractivity contribution is -0.140. The highest BCUT2D eigenvalue weighted by molar-refractivity contribution is 5.72. The van der Waals surface area contributed by atoms with Gasteiger partial charge in [0.05, 0.1) is 14.2 Å². The highest BCUT2D eigenvalue weighted by Gasteiger charge is 2.08. The Labute approximate surface area is 123 Å². The van der Waals surface area contributed by atoms with Crippen LogP contribution >= 0.6 is 0 Å². The molecule has 0 heterocycles. The van der Waals surface area contributed by atoms with Crippen molar-refractivity contribution < 1.29 is 19.4 Å². The average molecular weight is 286 g/mol. The molecule has 0 saturated carbocycles. The number of methoxy groups -OCH3 is 2. The third-order valence-corrected chi connectivity index (χ3v) is 3.31. The standard InChI is InChI=1S/C17H18O4/c1-20-14-7-5-13(6-8-14)15-11-12(3-9-16(15)18)4-10-17(19)21-2/h3,5-9,11,18H,4,10H2,1-2H3. The van der Waals surface area contributed by atoms with Gasteiger partial charge in [-0.25, -0.2) is 0 Å². The first-order chi connectivity index (χ1) is 10.1. The fourth-order valence-electron chi connectivity index (χ4n) is 2.09. The molecule has 0 saturated heterocycles. The smallest absolute Gasteiger partial charge is 0.305 e. The van der Waals surface area contributed by atoms with Gasteiger partial charge in [-0.1, -0.05) is 18.2 Å². The van der Waals surface area contributed by atoms with E-state index in [1.807, 2.05) is 36.4 Å². The van der Waals surface area contributed by atoms with Gasteiger partial charge in [-0.3, -0.25) is 4.79 Å². The number of aromatic hydroxyl groups is 1. The minimum atomic E-state index is -0.242. The molecule has 0 unspecified atom stereocenters. The molecule has 0 radical (unpaired) electrons. The first-order valence-corrected chi connectivity index (χ1v) is 6.67. The van der Waals surface area contributed by atoms with Crippen molar-refractivity contribution in [2.24, 2.45) is 0 Å². The van der Waals surface area contributed by atoms with Crippen molar-refractivity contribution >= 4 is 5.97 Å². The Morgan fingerprint density at radius 3 is 2.43 bits per heavy atom. The fraction of sp³-hybridized carbons (Fsp3) is 0.235. The molecule has 0 aliphatic heterocycles. The Balaban J connectivity index is 2.23. The van der Waals surface area contributed by atoms with E-state index < -0.39 is 0 Å². The zero-order valence-corrected chi connectivity index (χ0v) is 12.1. The van der Waals surface area contributed by atoms with Crippen molar-refractivity contribution in [1.29, 1.82) is 0 Å². The van der Waals surface area contributed by atoms with Crippen LogP contribution in [0.5, 0.6) is 11.5 Å². The summed E-state index contributed by atoms with van der Waals surface area (Å²) in [5, 5.41) is 10.0. The topological polar surface area (TPSA) is 55.8 Å². The summed E-state index contributed by atoms with van der Waals surface area (Å²) in [7, 11) is 2.99. The second kappa shape index (κ2) is 6.79. The van der Waals surface area contributed by atoms with Crippen LogP contribution in [0, 0.1) is 0 Å². The quantitative estimate of drug-likeness (QED) is 0.858. The molecule has 0 spiro atoms. The summed E-state index contributed by atoms with van der Waals surface area (Å²) < 4.78 is 9.76. The van der Waals surface area contributed by atoms with Gasteiger partial charge in [0.15, 0.2) is 0 Å². The minimum Gasteiger partial charge on any atom is -0.507 e. The largest absolute Gasteiger partial charge is 0.507 e. The molecule has 2 aromatic rings. The molecule has 0 atom stereocenters. The lowest BCUT2D eigenvalue weighted by Gasteiger charge is -2.09. The molecule has 0 aromatic heterocycles. The molecule has 0 aliphatic rings. The lowest BCUT2D eigenvalue weighted by atomic mass is 10.00. The van der Waals surface area contributed by atoms with Crippen molar-refractivity contribution in [3.8, 4) is 22.6 Å². The number of benzene rings is 2. The average Bonchev–Trinajstić information content (AvgIpc) is 2.54. The van der Waals surface area contributed by atoms with E-state index in [0.29, 0.717) is 12.8 Å². The highest BCUT2D eigenvalue weighted by Crippen LogP contribution is 2.31. The molecular formula is C17H18O4. The molecule has 4 heteroatoms. The van der Waals surface area contributed by atoms with E-state index in [9.17, 15) is 9.90 Å². The van der Waals surface area contributed by atoms with Crippen LogP contribution in [0.3, 0.4) is 0 Å². The number of esters is 1. The molecule has 21 heavy (non-hydrogen) atoms. The van der Waals surface area contributed by atoms with E-state index in [0.717, 1.165) is 22.4 Å². The monoisotopic (exact) mass is 286 g/mol. The van der Waals surface area contributed by atoms with Crippen LogP contribution in [0.4, 0.5) is 0 Å². The maximum atomic E-state index is 11.2. The summed E-state index contributed by atoms with van der Waals surface area (Å²) in [4.78, 5) is 11.2. The van der Waals surface area contributed by atoms with Gasteiger partial charge in [-0.15, -0.1) is 0 Å². The fourth-order valence-corrected chi connectivity index (χ4v) is 2.09. The first kappa shape index (κ1) is 14.9. The number of aryl methyl sites for hydroxylation is 1. The summed E-state index contributed by atoms with van der Waals surface area (Å²) in [5.41, 5.74) is 2.61. The van der Waals surface area contributed by atoms with Crippen molar-refractivity contribution in [3.63, 3.8) is 0 Å². The van der Waals surface area contributed by atoms with Crippen LogP contribution in [-0.2, 0) is 16.0 Å². The SMILES string of the molecule is COC(=O)CCc1ccc(O)c(-c2ccc(OC)cc2)c1. The van der Waals surface area contributed by atoms with Gasteiger partial charge in [0, 0.05) is 12.0 Å². The molecule has 2 rings (SSSR count). The molecule has 0 fully saturated rings. The van der Waals surface area contributed by atoms with E-state index in [1.165, 1.54) is 7.11 Å². The zero-order chi connectivity index (χ0) is 15.2. The van der Waals surface area contributed by atoms with E-state index in [-0.39, 0.29) is 11.7 Å². The maximum absolute atomic E-state index is 11.2. The van der Waals surface area contributed by atoms with Crippen LogP contribution in [0.25, 0.3) is 11.1 Å². The number of carbonyl (C=O) groups is 1. The van der Waals surface area contributed by atoms with Crippen LogP contribution in [0.15, 0.2) is 42.5 Å². The molecule has 4 nitrogen and oxygen atoms in total. The highest BCUT2D eigenvalue weighted by atomic mass is 16.5. The molecule has 0 aliphatic carbocycles. The van der Waals surface area contributed by atoms with Crippen LogP contribution in [0.2, 0.25) is 0 Å². The van der Waals surface area contributed by atoms with Gasteiger partial charge >= 0.3 is 5.97 Å². The number of phenols is 1. The predicted molar refractivity (Wildman–Crippen MR) is 80.4 cm³/mol. The van der Waals surface area contributed by atoms with Gasteiger partial charge in [0.25, 0.3) is 0 Å². The Kier molecular flexibility index (Phi) is 4.82. The predicted octanol–water partition coefficient (Wildman–Crippen LogP) is 3.17. The number of phenolic OH excluding ortho intramolecular Hbond substituents is 1. The van der Waals surface area contributed by atoms with Gasteiger partial charge in [0.2, 0.25) is 0 Å². The zero-order valence-electron chi connectivity index (χ0n) is 12.1. The van der Waals surface area contributed by atoms with Crippen molar-refractivity contribution in [2.75, 3.05) is 14.2 Å². The number of ether oxygens (including phenoxy) is 2. The second-order valence-corrected chi connectivity index (χ2v) is 4.66. The van der Waals surface area contributed by atoms with Crippen LogP contribution in [0.1, 0.15) is 12.0 Å². The summed E-state index contributed by atoms with van der Waals surface area (Å²) in [6.45, 7) is 0. The molecule has 0 amide bonds. The number of rotatable bonds is 5. The van der Waals surface area contributed by atoms with E-state index in [2.05, 4.69) is 4.74 Å². The van der Waals surface area contributed by atoms with E-state index >= 15 is 0 Å². The number of hydrogen-bond acceptors (Lipinski definition) is 4. The van der Waals surface area contributed by atoms with Crippen LogP contribution < -0.4 is 4.74 Å². The molecule has 0 bridgehead atoms. The minimum absolute atomic E-state index is 0.210. The first-order valence-electron chi connectivity index (χ1n) is 6.67.